The van der Waals surface area contributed by atoms with Crippen LogP contribution >= 0.6 is 0 Å². The topological polar surface area (TPSA) is 65.2 Å². The van der Waals surface area contributed by atoms with E-state index < -0.39 is 0 Å². The minimum absolute atomic E-state index is 0.382. The van der Waals surface area contributed by atoms with Crippen LogP contribution in [0, 0.1) is 0 Å². The van der Waals surface area contributed by atoms with Crippen molar-refractivity contribution in [3.63, 3.8) is 0 Å². The molecule has 0 atom stereocenters. The fourth-order valence-corrected chi connectivity index (χ4v) is 1.61. The highest BCUT2D eigenvalue weighted by molar-refractivity contribution is 5.91. The molecule has 1 aromatic heterocycles. The zero-order valence-electron chi connectivity index (χ0n) is 10.5. The summed E-state index contributed by atoms with van der Waals surface area (Å²) in [6, 6.07) is 10.7. The first-order chi connectivity index (χ1) is 9.20. The molecule has 0 aliphatic rings. The summed E-state index contributed by atoms with van der Waals surface area (Å²) in [4.78, 5) is 15.6. The summed E-state index contributed by atoms with van der Waals surface area (Å²) in [5.74, 6) is -0.382. The highest BCUT2D eigenvalue weighted by Crippen LogP contribution is 2.17. The lowest BCUT2D eigenvalue weighted by Crippen LogP contribution is -2.02. The zero-order chi connectivity index (χ0) is 13.7. The van der Waals surface area contributed by atoms with Crippen LogP contribution in [0.5, 0.6) is 0 Å². The number of pyridine rings is 1. The molecule has 2 rings (SSSR count). The highest BCUT2D eigenvalue weighted by Gasteiger charge is 2.06. The Morgan fingerprint density at radius 3 is 2.79 bits per heavy atom. The van der Waals surface area contributed by atoms with Crippen LogP contribution in [0.15, 0.2) is 42.6 Å². The number of benzene rings is 1. The summed E-state index contributed by atoms with van der Waals surface area (Å²) in [6.45, 7) is 0. The zero-order valence-corrected chi connectivity index (χ0v) is 10.5. The second-order valence-electron chi connectivity index (χ2n) is 3.92. The maximum atomic E-state index is 11.5. The average molecular weight is 254 g/mol. The molecule has 4 nitrogen and oxygen atoms in total. The number of aromatic nitrogens is 1. The van der Waals surface area contributed by atoms with Gasteiger partial charge in [0.1, 0.15) is 0 Å². The largest absolute Gasteiger partial charge is 0.465 e. The second kappa shape index (κ2) is 5.82. The van der Waals surface area contributed by atoms with Crippen molar-refractivity contribution in [1.82, 2.24) is 4.98 Å². The van der Waals surface area contributed by atoms with Gasteiger partial charge < -0.3 is 10.5 Å². The third-order valence-corrected chi connectivity index (χ3v) is 2.63. The Labute approximate surface area is 111 Å². The Balaban J connectivity index is 2.29. The molecule has 0 spiro atoms. The van der Waals surface area contributed by atoms with Gasteiger partial charge in [0.25, 0.3) is 0 Å². The molecule has 0 saturated carbocycles. The molecule has 0 bridgehead atoms. The fraction of sp³-hybridized carbons (Fsp3) is 0.0667. The van der Waals surface area contributed by atoms with Crippen molar-refractivity contribution >= 4 is 23.8 Å². The minimum Gasteiger partial charge on any atom is -0.465 e. The Hall–Kier alpha value is -2.62. The van der Waals surface area contributed by atoms with Crippen LogP contribution in [0.3, 0.4) is 0 Å². The Kier molecular flexibility index (Phi) is 3.93. The highest BCUT2D eigenvalue weighted by atomic mass is 16.5. The smallest absolute Gasteiger partial charge is 0.337 e. The van der Waals surface area contributed by atoms with Gasteiger partial charge in [-0.3, -0.25) is 4.98 Å². The van der Waals surface area contributed by atoms with Crippen LogP contribution in [0.4, 0.5) is 5.69 Å². The molecule has 19 heavy (non-hydrogen) atoms. The number of hydrogen-bond donors (Lipinski definition) is 1. The maximum absolute atomic E-state index is 11.5. The van der Waals surface area contributed by atoms with Crippen molar-refractivity contribution in [2.45, 2.75) is 0 Å². The van der Waals surface area contributed by atoms with Gasteiger partial charge in [-0.05, 0) is 42.0 Å². The number of rotatable bonds is 3. The molecule has 2 aromatic rings. The standard InChI is InChI=1S/C15H14N2O2/c1-19-15(18)12-6-8-14(16)11(10-12)5-7-13-4-2-3-9-17-13/h2-10H,16H2,1H3/b7-5+. The fourth-order valence-electron chi connectivity index (χ4n) is 1.61. The van der Waals surface area contributed by atoms with Crippen LogP contribution in [-0.2, 0) is 4.74 Å². The molecule has 0 amide bonds. The maximum Gasteiger partial charge on any atom is 0.337 e. The predicted molar refractivity (Wildman–Crippen MR) is 75.4 cm³/mol. The van der Waals surface area contributed by atoms with Crippen LogP contribution in [0.2, 0.25) is 0 Å². The van der Waals surface area contributed by atoms with Crippen molar-refractivity contribution in [3.8, 4) is 0 Å². The van der Waals surface area contributed by atoms with Crippen molar-refractivity contribution in [2.75, 3.05) is 12.8 Å². The number of methoxy groups -OCH3 is 1. The van der Waals surface area contributed by atoms with Crippen LogP contribution in [0.1, 0.15) is 21.6 Å². The number of nitrogen functional groups attached to an aromatic ring is 1. The van der Waals surface area contributed by atoms with E-state index in [1.165, 1.54) is 7.11 Å². The van der Waals surface area contributed by atoms with E-state index in [2.05, 4.69) is 9.72 Å². The van der Waals surface area contributed by atoms with Crippen molar-refractivity contribution in [2.24, 2.45) is 0 Å². The van der Waals surface area contributed by atoms with Crippen LogP contribution in [0.25, 0.3) is 12.2 Å². The van der Waals surface area contributed by atoms with Gasteiger partial charge in [0.15, 0.2) is 0 Å². The van der Waals surface area contributed by atoms with E-state index in [0.29, 0.717) is 11.3 Å². The SMILES string of the molecule is COC(=O)c1ccc(N)c(/C=C/c2ccccn2)c1. The van der Waals surface area contributed by atoms with E-state index >= 15 is 0 Å². The molecule has 0 saturated heterocycles. The summed E-state index contributed by atoms with van der Waals surface area (Å²) in [6.07, 6.45) is 5.38. The van der Waals surface area contributed by atoms with E-state index in [4.69, 9.17) is 5.73 Å². The first kappa shape index (κ1) is 12.8. The molecule has 2 N–H and O–H groups in total. The number of ether oxygens (including phenoxy) is 1. The number of hydrogen-bond acceptors (Lipinski definition) is 4. The Morgan fingerprint density at radius 1 is 1.26 bits per heavy atom. The summed E-state index contributed by atoms with van der Waals surface area (Å²) in [5, 5.41) is 0. The number of esters is 1. The van der Waals surface area contributed by atoms with E-state index in [1.54, 1.807) is 24.4 Å². The van der Waals surface area contributed by atoms with E-state index in [0.717, 1.165) is 11.3 Å². The van der Waals surface area contributed by atoms with Crippen molar-refractivity contribution in [3.05, 3.63) is 59.4 Å². The van der Waals surface area contributed by atoms with Crippen molar-refractivity contribution < 1.29 is 9.53 Å². The number of carbonyl (C=O) groups is 1. The summed E-state index contributed by atoms with van der Waals surface area (Å²) in [7, 11) is 1.35. The van der Waals surface area contributed by atoms with Gasteiger partial charge in [-0.25, -0.2) is 4.79 Å². The van der Waals surface area contributed by atoms with E-state index in [9.17, 15) is 4.79 Å². The molecule has 0 radical (unpaired) electrons. The lowest BCUT2D eigenvalue weighted by Gasteiger charge is -2.04. The predicted octanol–water partition coefficient (Wildman–Crippen LogP) is 2.62. The lowest BCUT2D eigenvalue weighted by atomic mass is 10.1. The molecule has 1 aromatic carbocycles. The summed E-state index contributed by atoms with van der Waals surface area (Å²) < 4.78 is 4.68. The first-order valence-corrected chi connectivity index (χ1v) is 5.77. The van der Waals surface area contributed by atoms with Gasteiger partial charge in [-0.15, -0.1) is 0 Å². The van der Waals surface area contributed by atoms with Gasteiger partial charge in [0, 0.05) is 11.9 Å². The van der Waals surface area contributed by atoms with Gasteiger partial charge in [0.05, 0.1) is 18.4 Å². The van der Waals surface area contributed by atoms with Crippen molar-refractivity contribution in [1.29, 1.82) is 0 Å². The average Bonchev–Trinajstić information content (AvgIpc) is 2.46. The molecule has 96 valence electrons. The first-order valence-electron chi connectivity index (χ1n) is 5.77. The molecule has 0 unspecified atom stereocenters. The van der Waals surface area contributed by atoms with Gasteiger partial charge >= 0.3 is 5.97 Å². The number of anilines is 1. The number of nitrogens with two attached hydrogens (primary N) is 1. The molecule has 0 aliphatic heterocycles. The molecular weight excluding hydrogens is 240 g/mol. The summed E-state index contributed by atoms with van der Waals surface area (Å²) in [5.41, 5.74) is 8.52. The molecule has 0 fully saturated rings. The molecule has 4 heteroatoms. The normalized spacial score (nSPS) is 10.6. The quantitative estimate of drug-likeness (QED) is 0.675. The molecule has 1 heterocycles. The third kappa shape index (κ3) is 3.19. The molecular formula is C15H14N2O2. The Bertz CT molecular complexity index is 607. The number of nitrogens with zero attached hydrogens (tertiary/aromatic N) is 1. The van der Waals surface area contributed by atoms with E-state index in [1.807, 2.05) is 30.4 Å². The van der Waals surface area contributed by atoms with Gasteiger partial charge in [0.2, 0.25) is 0 Å². The van der Waals surface area contributed by atoms with Crippen LogP contribution < -0.4 is 5.73 Å². The van der Waals surface area contributed by atoms with Gasteiger partial charge in [-0.1, -0.05) is 12.1 Å². The minimum atomic E-state index is -0.382. The Morgan fingerprint density at radius 2 is 2.11 bits per heavy atom. The monoisotopic (exact) mass is 254 g/mol. The molecule has 0 aliphatic carbocycles. The second-order valence-corrected chi connectivity index (χ2v) is 3.92. The van der Waals surface area contributed by atoms with Gasteiger partial charge in [-0.2, -0.15) is 0 Å². The number of carbonyl (C=O) groups excluding carboxylic acids is 1. The lowest BCUT2D eigenvalue weighted by molar-refractivity contribution is 0.0601. The summed E-state index contributed by atoms with van der Waals surface area (Å²) >= 11 is 0. The van der Waals surface area contributed by atoms with Crippen LogP contribution in [-0.4, -0.2) is 18.1 Å². The van der Waals surface area contributed by atoms with E-state index in [-0.39, 0.29) is 5.97 Å². The third-order valence-electron chi connectivity index (χ3n) is 2.63.